The van der Waals surface area contributed by atoms with E-state index in [0.29, 0.717) is 0 Å². The number of nitrogens with zero attached hydrogens (tertiary/aromatic N) is 2. The summed E-state index contributed by atoms with van der Waals surface area (Å²) in [7, 11) is 0. The summed E-state index contributed by atoms with van der Waals surface area (Å²) in [5.41, 5.74) is 14.0. The van der Waals surface area contributed by atoms with Gasteiger partial charge in [-0.25, -0.2) is 0 Å². The SMILES string of the molecule is c1ccc(-c2cccc(N(c3ccccc3)c3cccc4c3c3ccccc3n4-c3ccccc3-c3ccc4ccccc4c3)c2-c2ccccc2)cc1. The lowest BCUT2D eigenvalue weighted by molar-refractivity contribution is 1.18. The summed E-state index contributed by atoms with van der Waals surface area (Å²) in [6.07, 6.45) is 0. The molecule has 0 amide bonds. The number of anilines is 3. The summed E-state index contributed by atoms with van der Waals surface area (Å²) < 4.78 is 2.46. The second-order valence-electron chi connectivity index (χ2n) is 13.7. The highest BCUT2D eigenvalue weighted by Gasteiger charge is 2.25. The molecule has 0 aliphatic carbocycles. The average Bonchev–Trinajstić information content (AvgIpc) is 3.59. The van der Waals surface area contributed by atoms with E-state index in [-0.39, 0.29) is 0 Å². The molecular weight excluding hydrogens is 653 g/mol. The predicted octanol–water partition coefficient (Wildman–Crippen LogP) is 14.4. The van der Waals surface area contributed by atoms with Crippen LogP contribution < -0.4 is 4.90 Å². The third-order valence-electron chi connectivity index (χ3n) is 10.6. The minimum atomic E-state index is 1.10. The van der Waals surface area contributed by atoms with E-state index in [4.69, 9.17) is 0 Å². The van der Waals surface area contributed by atoms with Crippen LogP contribution in [0.3, 0.4) is 0 Å². The van der Waals surface area contributed by atoms with E-state index in [1.807, 2.05) is 0 Å². The Bertz CT molecular complexity index is 2930. The van der Waals surface area contributed by atoms with Crippen LogP contribution in [0.2, 0.25) is 0 Å². The third-order valence-corrected chi connectivity index (χ3v) is 10.6. The first-order chi connectivity index (χ1) is 26.8. The maximum atomic E-state index is 2.46. The Kier molecular flexibility index (Phi) is 7.85. The van der Waals surface area contributed by atoms with Crippen LogP contribution in [0.1, 0.15) is 0 Å². The first-order valence-electron chi connectivity index (χ1n) is 18.5. The van der Waals surface area contributed by atoms with Crippen LogP contribution in [0.5, 0.6) is 0 Å². The first-order valence-corrected chi connectivity index (χ1v) is 18.5. The number of benzene rings is 9. The van der Waals surface area contributed by atoms with E-state index in [1.165, 1.54) is 60.4 Å². The molecule has 0 unspecified atom stereocenters. The normalized spacial score (nSPS) is 11.3. The largest absolute Gasteiger partial charge is 0.309 e. The van der Waals surface area contributed by atoms with Gasteiger partial charge in [0.2, 0.25) is 0 Å². The number of fused-ring (bicyclic) bond motifs is 4. The van der Waals surface area contributed by atoms with Gasteiger partial charge in [0.15, 0.2) is 0 Å². The number of aromatic nitrogens is 1. The summed E-state index contributed by atoms with van der Waals surface area (Å²) in [4.78, 5) is 2.46. The minimum Gasteiger partial charge on any atom is -0.309 e. The molecule has 0 bridgehead atoms. The molecule has 10 aromatic rings. The molecule has 2 nitrogen and oxygen atoms in total. The highest BCUT2D eigenvalue weighted by atomic mass is 15.2. The molecular formula is C52H36N2. The zero-order chi connectivity index (χ0) is 35.8. The van der Waals surface area contributed by atoms with Crippen molar-refractivity contribution in [2.45, 2.75) is 0 Å². The van der Waals surface area contributed by atoms with Crippen molar-refractivity contribution in [3.05, 3.63) is 218 Å². The van der Waals surface area contributed by atoms with Crippen LogP contribution in [-0.4, -0.2) is 4.57 Å². The van der Waals surface area contributed by atoms with Gasteiger partial charge in [-0.05, 0) is 81.6 Å². The molecule has 0 radical (unpaired) electrons. The summed E-state index contributed by atoms with van der Waals surface area (Å²) in [5.74, 6) is 0. The molecule has 1 aromatic heterocycles. The second kappa shape index (κ2) is 13.4. The highest BCUT2D eigenvalue weighted by Crippen LogP contribution is 2.49. The maximum absolute atomic E-state index is 2.46. The minimum absolute atomic E-state index is 1.10. The number of hydrogen-bond donors (Lipinski definition) is 0. The summed E-state index contributed by atoms with van der Waals surface area (Å²) >= 11 is 0. The monoisotopic (exact) mass is 688 g/mol. The van der Waals surface area contributed by atoms with Crippen molar-refractivity contribution < 1.29 is 0 Å². The van der Waals surface area contributed by atoms with Gasteiger partial charge in [0.05, 0.1) is 28.1 Å². The van der Waals surface area contributed by atoms with Crippen molar-refractivity contribution in [2.24, 2.45) is 0 Å². The lowest BCUT2D eigenvalue weighted by Gasteiger charge is -2.30. The molecule has 0 saturated carbocycles. The van der Waals surface area contributed by atoms with E-state index < -0.39 is 0 Å². The van der Waals surface area contributed by atoms with Crippen LogP contribution in [0.4, 0.5) is 17.1 Å². The molecule has 0 saturated heterocycles. The Morgan fingerprint density at radius 3 is 1.76 bits per heavy atom. The fourth-order valence-electron chi connectivity index (χ4n) is 8.19. The molecule has 9 aromatic carbocycles. The fraction of sp³-hybridized carbons (Fsp3) is 0. The van der Waals surface area contributed by atoms with E-state index >= 15 is 0 Å². The molecule has 0 fully saturated rings. The molecule has 0 atom stereocenters. The van der Waals surface area contributed by atoms with E-state index in [2.05, 4.69) is 228 Å². The zero-order valence-corrected chi connectivity index (χ0v) is 29.7. The van der Waals surface area contributed by atoms with Crippen LogP contribution in [-0.2, 0) is 0 Å². The van der Waals surface area contributed by atoms with Gasteiger partial charge in [0.25, 0.3) is 0 Å². The van der Waals surface area contributed by atoms with Gasteiger partial charge in [0.1, 0.15) is 0 Å². The fourth-order valence-corrected chi connectivity index (χ4v) is 8.19. The summed E-state index contributed by atoms with van der Waals surface area (Å²) in [6, 6.07) is 78.9. The Morgan fingerprint density at radius 1 is 0.352 bits per heavy atom. The van der Waals surface area contributed by atoms with E-state index in [1.54, 1.807) is 0 Å². The van der Waals surface area contributed by atoms with Gasteiger partial charge in [-0.1, -0.05) is 170 Å². The number of hydrogen-bond acceptors (Lipinski definition) is 1. The van der Waals surface area contributed by atoms with Crippen molar-refractivity contribution >= 4 is 49.6 Å². The van der Waals surface area contributed by atoms with Crippen molar-refractivity contribution in [1.29, 1.82) is 0 Å². The molecule has 0 aliphatic heterocycles. The van der Waals surface area contributed by atoms with Gasteiger partial charge < -0.3 is 9.47 Å². The summed E-state index contributed by atoms with van der Waals surface area (Å²) in [6.45, 7) is 0. The molecule has 0 N–H and O–H groups in total. The van der Waals surface area contributed by atoms with Crippen LogP contribution in [0.25, 0.3) is 71.6 Å². The van der Waals surface area contributed by atoms with Crippen molar-refractivity contribution in [2.75, 3.05) is 4.90 Å². The van der Waals surface area contributed by atoms with Crippen molar-refractivity contribution in [1.82, 2.24) is 4.57 Å². The van der Waals surface area contributed by atoms with Crippen LogP contribution >= 0.6 is 0 Å². The number of rotatable bonds is 7. The molecule has 1 heterocycles. The van der Waals surface area contributed by atoms with Gasteiger partial charge in [-0.3, -0.25) is 0 Å². The Labute approximate surface area is 315 Å². The quantitative estimate of drug-likeness (QED) is 0.162. The Hall–Kier alpha value is -7.16. The van der Waals surface area contributed by atoms with Gasteiger partial charge in [-0.15, -0.1) is 0 Å². The van der Waals surface area contributed by atoms with E-state index in [0.717, 1.165) is 28.3 Å². The average molecular weight is 689 g/mol. The molecule has 2 heteroatoms. The van der Waals surface area contributed by atoms with Crippen molar-refractivity contribution in [3.63, 3.8) is 0 Å². The van der Waals surface area contributed by atoms with Gasteiger partial charge in [-0.2, -0.15) is 0 Å². The van der Waals surface area contributed by atoms with E-state index in [9.17, 15) is 0 Å². The highest BCUT2D eigenvalue weighted by molar-refractivity contribution is 6.17. The number of para-hydroxylation sites is 3. The predicted molar refractivity (Wildman–Crippen MR) is 229 cm³/mol. The summed E-state index contributed by atoms with van der Waals surface area (Å²) in [5, 5.41) is 4.89. The Balaban J connectivity index is 1.27. The van der Waals surface area contributed by atoms with Crippen LogP contribution in [0, 0.1) is 0 Å². The molecule has 0 aliphatic rings. The molecule has 54 heavy (non-hydrogen) atoms. The lowest BCUT2D eigenvalue weighted by atomic mass is 9.92. The molecule has 10 rings (SSSR count). The smallest absolute Gasteiger partial charge is 0.0562 e. The topological polar surface area (TPSA) is 8.17 Å². The van der Waals surface area contributed by atoms with Gasteiger partial charge in [0, 0.05) is 27.6 Å². The molecule has 0 spiro atoms. The first kappa shape index (κ1) is 31.6. The zero-order valence-electron chi connectivity index (χ0n) is 29.7. The maximum Gasteiger partial charge on any atom is 0.0562 e. The standard InChI is InChI=1S/C52H36N2/c1-4-19-38(20-5-1)44-28-16-31-48(51(44)39-21-6-2-7-22-39)53(42-24-8-3-9-25-42)49-32-17-33-50-52(49)45-27-13-15-30-47(45)54(50)46-29-14-12-26-43(46)41-35-34-37-18-10-11-23-40(37)36-41/h1-36H. The van der Waals surface area contributed by atoms with Crippen molar-refractivity contribution in [3.8, 4) is 39.1 Å². The molecule has 254 valence electrons. The third kappa shape index (κ3) is 5.36. The van der Waals surface area contributed by atoms with Crippen LogP contribution in [0.15, 0.2) is 218 Å². The lowest BCUT2D eigenvalue weighted by Crippen LogP contribution is -2.12. The second-order valence-corrected chi connectivity index (χ2v) is 13.7. The van der Waals surface area contributed by atoms with Gasteiger partial charge >= 0.3 is 0 Å². The Morgan fingerprint density at radius 2 is 0.944 bits per heavy atom.